The molecule has 126 valence electrons. The molecule has 0 saturated heterocycles. The Balaban J connectivity index is 0.00000264. The van der Waals surface area contributed by atoms with Crippen LogP contribution in [0.1, 0.15) is 42.3 Å². The second kappa shape index (κ2) is 9.71. The minimum Gasteiger partial charge on any atom is -0.344 e. The van der Waals surface area contributed by atoms with Crippen molar-refractivity contribution in [2.45, 2.75) is 32.7 Å². The van der Waals surface area contributed by atoms with Gasteiger partial charge < -0.3 is 11.1 Å². The standard InChI is InChI=1S/C18H24N2OS.ClH/c1-3-5-14-7-9-15(10-8-14)17(16-6-4-11-22-16)20-18(21)13(2)12-19;/h4,6-11,13,17H,3,5,12,19H2,1-2H3,(H,20,21);1H. The maximum absolute atomic E-state index is 12.2. The molecule has 0 saturated carbocycles. The van der Waals surface area contributed by atoms with Gasteiger partial charge in [-0.3, -0.25) is 4.79 Å². The van der Waals surface area contributed by atoms with Gasteiger partial charge in [0.05, 0.1) is 6.04 Å². The van der Waals surface area contributed by atoms with Crippen molar-refractivity contribution in [3.63, 3.8) is 0 Å². The number of hydrogen-bond acceptors (Lipinski definition) is 3. The van der Waals surface area contributed by atoms with Crippen molar-refractivity contribution in [1.82, 2.24) is 5.32 Å². The molecule has 0 spiro atoms. The molecule has 1 aromatic heterocycles. The summed E-state index contributed by atoms with van der Waals surface area (Å²) in [6.07, 6.45) is 2.22. The molecule has 0 radical (unpaired) electrons. The van der Waals surface area contributed by atoms with Gasteiger partial charge in [0.1, 0.15) is 0 Å². The zero-order chi connectivity index (χ0) is 15.9. The van der Waals surface area contributed by atoms with Gasteiger partial charge in [-0.15, -0.1) is 23.7 Å². The molecular formula is C18H25ClN2OS. The lowest BCUT2D eigenvalue weighted by molar-refractivity contribution is -0.124. The Morgan fingerprint density at radius 1 is 1.26 bits per heavy atom. The van der Waals surface area contributed by atoms with Crippen molar-refractivity contribution in [3.05, 3.63) is 57.8 Å². The van der Waals surface area contributed by atoms with Gasteiger partial charge in [-0.2, -0.15) is 0 Å². The van der Waals surface area contributed by atoms with E-state index in [1.54, 1.807) is 11.3 Å². The third kappa shape index (κ3) is 5.34. The van der Waals surface area contributed by atoms with Crippen LogP contribution in [-0.4, -0.2) is 12.5 Å². The van der Waals surface area contributed by atoms with Crippen LogP contribution in [-0.2, 0) is 11.2 Å². The van der Waals surface area contributed by atoms with Crippen LogP contribution in [0.15, 0.2) is 41.8 Å². The van der Waals surface area contributed by atoms with Crippen LogP contribution in [0.5, 0.6) is 0 Å². The Kier molecular flexibility index (Phi) is 8.31. The molecule has 0 fully saturated rings. The molecule has 1 heterocycles. The van der Waals surface area contributed by atoms with E-state index >= 15 is 0 Å². The average molecular weight is 353 g/mol. The monoisotopic (exact) mass is 352 g/mol. The highest BCUT2D eigenvalue weighted by Gasteiger charge is 2.20. The van der Waals surface area contributed by atoms with Gasteiger partial charge in [0, 0.05) is 17.3 Å². The highest BCUT2D eigenvalue weighted by molar-refractivity contribution is 7.10. The summed E-state index contributed by atoms with van der Waals surface area (Å²) in [6, 6.07) is 12.5. The smallest absolute Gasteiger partial charge is 0.224 e. The van der Waals surface area contributed by atoms with Crippen molar-refractivity contribution in [2.24, 2.45) is 11.7 Å². The van der Waals surface area contributed by atoms with Crippen LogP contribution < -0.4 is 11.1 Å². The minimum atomic E-state index is -0.179. The van der Waals surface area contributed by atoms with Gasteiger partial charge in [0.25, 0.3) is 0 Å². The molecule has 2 unspecified atom stereocenters. The number of aryl methyl sites for hydroxylation is 1. The third-order valence-corrected chi connectivity index (χ3v) is 4.70. The van der Waals surface area contributed by atoms with Gasteiger partial charge in [0.2, 0.25) is 5.91 Å². The summed E-state index contributed by atoms with van der Waals surface area (Å²) < 4.78 is 0. The second-order valence-corrected chi connectivity index (χ2v) is 6.56. The third-order valence-electron chi connectivity index (χ3n) is 3.77. The molecule has 3 N–H and O–H groups in total. The molecule has 23 heavy (non-hydrogen) atoms. The molecule has 0 aliphatic rings. The normalized spacial score (nSPS) is 13.0. The van der Waals surface area contributed by atoms with Crippen LogP contribution >= 0.6 is 23.7 Å². The van der Waals surface area contributed by atoms with Crippen LogP contribution in [0.4, 0.5) is 0 Å². The summed E-state index contributed by atoms with van der Waals surface area (Å²) in [5.41, 5.74) is 8.04. The Labute approximate surface area is 148 Å². The first-order valence-corrected chi connectivity index (χ1v) is 8.66. The van der Waals surface area contributed by atoms with Crippen molar-refractivity contribution < 1.29 is 4.79 Å². The number of rotatable bonds is 7. The minimum absolute atomic E-state index is 0. The first-order valence-electron chi connectivity index (χ1n) is 7.78. The van der Waals surface area contributed by atoms with E-state index in [0.29, 0.717) is 6.54 Å². The lowest BCUT2D eigenvalue weighted by atomic mass is 10.0. The van der Waals surface area contributed by atoms with Crippen LogP contribution in [0, 0.1) is 5.92 Å². The summed E-state index contributed by atoms with van der Waals surface area (Å²) in [6.45, 7) is 4.39. The molecule has 0 aliphatic carbocycles. The van der Waals surface area contributed by atoms with E-state index in [4.69, 9.17) is 5.73 Å². The molecule has 1 amide bonds. The molecule has 3 nitrogen and oxygen atoms in total. The number of carbonyl (C=O) groups excluding carboxylic acids is 1. The molecule has 5 heteroatoms. The molecular weight excluding hydrogens is 328 g/mol. The first kappa shape index (κ1) is 19.7. The van der Waals surface area contributed by atoms with E-state index in [0.717, 1.165) is 23.3 Å². The number of hydrogen-bond donors (Lipinski definition) is 2. The molecule has 2 rings (SSSR count). The topological polar surface area (TPSA) is 55.1 Å². The summed E-state index contributed by atoms with van der Waals surface area (Å²) in [5.74, 6) is -0.180. The van der Waals surface area contributed by atoms with Gasteiger partial charge in [-0.1, -0.05) is 50.6 Å². The molecule has 0 bridgehead atoms. The van der Waals surface area contributed by atoms with Crippen molar-refractivity contribution >= 4 is 29.7 Å². The highest BCUT2D eigenvalue weighted by Crippen LogP contribution is 2.26. The lowest BCUT2D eigenvalue weighted by Crippen LogP contribution is -2.36. The number of carbonyl (C=O) groups is 1. The zero-order valence-electron chi connectivity index (χ0n) is 13.6. The molecule has 2 aromatic rings. The predicted octanol–water partition coefficient (Wildman–Crippen LogP) is 3.92. The number of benzene rings is 1. The Morgan fingerprint density at radius 2 is 1.96 bits per heavy atom. The maximum atomic E-state index is 12.2. The van der Waals surface area contributed by atoms with Crippen molar-refractivity contribution in [2.75, 3.05) is 6.54 Å². The maximum Gasteiger partial charge on any atom is 0.224 e. The van der Waals surface area contributed by atoms with E-state index in [-0.39, 0.29) is 30.3 Å². The number of amides is 1. The zero-order valence-corrected chi connectivity index (χ0v) is 15.3. The van der Waals surface area contributed by atoms with E-state index in [1.165, 1.54) is 5.56 Å². The summed E-state index contributed by atoms with van der Waals surface area (Å²) in [5, 5.41) is 5.16. The Bertz CT molecular complexity index is 584. The Hall–Kier alpha value is -1.36. The fourth-order valence-electron chi connectivity index (χ4n) is 2.33. The number of thiophene rings is 1. The van der Waals surface area contributed by atoms with Crippen molar-refractivity contribution in [1.29, 1.82) is 0 Å². The van der Waals surface area contributed by atoms with Gasteiger partial charge in [0.15, 0.2) is 0 Å². The van der Waals surface area contributed by atoms with Gasteiger partial charge >= 0.3 is 0 Å². The number of halogens is 1. The van der Waals surface area contributed by atoms with Crippen LogP contribution in [0.25, 0.3) is 0 Å². The van der Waals surface area contributed by atoms with Gasteiger partial charge in [-0.05, 0) is 29.0 Å². The fraction of sp³-hybridized carbons (Fsp3) is 0.389. The van der Waals surface area contributed by atoms with Crippen molar-refractivity contribution in [3.8, 4) is 0 Å². The summed E-state index contributed by atoms with van der Waals surface area (Å²) in [4.78, 5) is 13.4. The largest absolute Gasteiger partial charge is 0.344 e. The molecule has 2 atom stereocenters. The number of nitrogens with one attached hydrogen (secondary N) is 1. The van der Waals surface area contributed by atoms with E-state index in [1.807, 2.05) is 18.4 Å². The van der Waals surface area contributed by atoms with Crippen LogP contribution in [0.2, 0.25) is 0 Å². The summed E-state index contributed by atoms with van der Waals surface area (Å²) in [7, 11) is 0. The van der Waals surface area contributed by atoms with E-state index in [9.17, 15) is 4.79 Å². The molecule has 0 aliphatic heterocycles. The highest BCUT2D eigenvalue weighted by atomic mass is 35.5. The fourth-order valence-corrected chi connectivity index (χ4v) is 3.13. The SMILES string of the molecule is CCCc1ccc(C(NC(=O)C(C)CN)c2cccs2)cc1.Cl. The first-order chi connectivity index (χ1) is 10.7. The Morgan fingerprint density at radius 3 is 2.48 bits per heavy atom. The molecule has 1 aromatic carbocycles. The second-order valence-electron chi connectivity index (χ2n) is 5.59. The predicted molar refractivity (Wildman–Crippen MR) is 100 cm³/mol. The quantitative estimate of drug-likeness (QED) is 0.793. The van der Waals surface area contributed by atoms with E-state index in [2.05, 4.69) is 42.6 Å². The van der Waals surface area contributed by atoms with Gasteiger partial charge in [-0.25, -0.2) is 0 Å². The number of nitrogens with two attached hydrogens (primary N) is 1. The van der Waals surface area contributed by atoms with E-state index < -0.39 is 0 Å². The van der Waals surface area contributed by atoms with Crippen LogP contribution in [0.3, 0.4) is 0 Å². The summed E-state index contributed by atoms with van der Waals surface area (Å²) >= 11 is 1.66. The average Bonchev–Trinajstić information content (AvgIpc) is 3.07. The lowest BCUT2D eigenvalue weighted by Gasteiger charge is -2.20.